The van der Waals surface area contributed by atoms with Gasteiger partial charge in [-0.25, -0.2) is 4.98 Å². The van der Waals surface area contributed by atoms with Crippen LogP contribution in [0.2, 0.25) is 0 Å². The predicted molar refractivity (Wildman–Crippen MR) is 75.2 cm³/mol. The number of aromatic nitrogens is 1. The zero-order valence-corrected chi connectivity index (χ0v) is 11.6. The predicted octanol–water partition coefficient (Wildman–Crippen LogP) is 2.77. The fourth-order valence-corrected chi connectivity index (χ4v) is 2.91. The van der Waals surface area contributed by atoms with Crippen LogP contribution < -0.4 is 5.73 Å². The Morgan fingerprint density at radius 1 is 1.60 bits per heavy atom. The van der Waals surface area contributed by atoms with Crippen molar-refractivity contribution in [3.8, 4) is 6.07 Å². The molecule has 0 radical (unpaired) electrons. The van der Waals surface area contributed by atoms with Crippen molar-refractivity contribution in [3.63, 3.8) is 0 Å². The first-order chi connectivity index (χ1) is 9.52. The number of nitrogens with two attached hydrogens (primary N) is 1. The van der Waals surface area contributed by atoms with Crippen LogP contribution in [0, 0.1) is 11.3 Å². The van der Waals surface area contributed by atoms with Gasteiger partial charge in [0, 0.05) is 11.6 Å². The number of nitrogen functional groups attached to an aromatic ring is 1. The molecular weight excluding hydrogens is 254 g/mol. The largest absolute Gasteiger partial charge is 0.481 e. The topological polar surface area (TPSA) is 100 Å². The van der Waals surface area contributed by atoms with Gasteiger partial charge < -0.3 is 10.8 Å². The highest BCUT2D eigenvalue weighted by atomic mass is 16.4. The van der Waals surface area contributed by atoms with E-state index in [0.717, 1.165) is 31.2 Å². The fraction of sp³-hybridized carbons (Fsp3) is 0.533. The van der Waals surface area contributed by atoms with E-state index in [1.165, 1.54) is 0 Å². The lowest BCUT2D eigenvalue weighted by molar-refractivity contribution is -0.137. The van der Waals surface area contributed by atoms with Gasteiger partial charge in [-0.3, -0.25) is 4.79 Å². The van der Waals surface area contributed by atoms with Gasteiger partial charge in [0.1, 0.15) is 11.9 Å². The van der Waals surface area contributed by atoms with E-state index in [4.69, 9.17) is 10.8 Å². The third-order valence-corrected chi connectivity index (χ3v) is 3.99. The molecule has 0 spiro atoms. The maximum Gasteiger partial charge on any atom is 0.304 e. The summed E-state index contributed by atoms with van der Waals surface area (Å²) in [6, 6.07) is 4.03. The summed E-state index contributed by atoms with van der Waals surface area (Å²) in [5.74, 6) is -0.484. The summed E-state index contributed by atoms with van der Waals surface area (Å²) in [6.45, 7) is 1.82. The van der Waals surface area contributed by atoms with Crippen LogP contribution in [-0.2, 0) is 4.79 Å². The summed E-state index contributed by atoms with van der Waals surface area (Å²) in [5, 5.41) is 18.2. The third-order valence-electron chi connectivity index (χ3n) is 3.99. The Morgan fingerprint density at radius 3 is 2.80 bits per heavy atom. The molecule has 0 aromatic carbocycles. The van der Waals surface area contributed by atoms with E-state index >= 15 is 0 Å². The van der Waals surface area contributed by atoms with Gasteiger partial charge in [-0.1, -0.05) is 19.8 Å². The molecule has 0 saturated heterocycles. The molecule has 1 saturated carbocycles. The lowest BCUT2D eigenvalue weighted by Crippen LogP contribution is -2.10. The van der Waals surface area contributed by atoms with Crippen molar-refractivity contribution in [3.05, 3.63) is 22.9 Å². The number of hydrogen-bond acceptors (Lipinski definition) is 4. The second kappa shape index (κ2) is 5.91. The summed E-state index contributed by atoms with van der Waals surface area (Å²) >= 11 is 0. The van der Waals surface area contributed by atoms with Gasteiger partial charge >= 0.3 is 5.97 Å². The van der Waals surface area contributed by atoms with Crippen molar-refractivity contribution in [2.75, 3.05) is 5.73 Å². The maximum absolute atomic E-state index is 10.8. The second-order valence-electron chi connectivity index (χ2n) is 5.49. The monoisotopic (exact) mass is 273 g/mol. The van der Waals surface area contributed by atoms with Gasteiger partial charge in [0.25, 0.3) is 0 Å². The zero-order valence-electron chi connectivity index (χ0n) is 11.6. The van der Waals surface area contributed by atoms with Crippen LogP contribution in [-0.4, -0.2) is 16.1 Å². The molecule has 106 valence electrons. The molecule has 1 aliphatic rings. The molecular formula is C15H19N3O2. The number of carboxylic acids is 1. The molecule has 20 heavy (non-hydrogen) atoms. The number of carbonyl (C=O) groups is 1. The summed E-state index contributed by atoms with van der Waals surface area (Å²) in [7, 11) is 0. The minimum Gasteiger partial charge on any atom is -0.481 e. The van der Waals surface area contributed by atoms with Gasteiger partial charge in [0.2, 0.25) is 0 Å². The SMILES string of the molecule is CC(CC(=O)O)c1cc(C2CCCC2)c(C#N)c(N)n1. The fourth-order valence-electron chi connectivity index (χ4n) is 2.91. The Labute approximate surface area is 118 Å². The molecule has 0 amide bonds. The van der Waals surface area contributed by atoms with Crippen molar-refractivity contribution in [1.82, 2.24) is 4.98 Å². The van der Waals surface area contributed by atoms with E-state index in [9.17, 15) is 10.1 Å². The van der Waals surface area contributed by atoms with Gasteiger partial charge in [-0.2, -0.15) is 5.26 Å². The van der Waals surface area contributed by atoms with Crippen molar-refractivity contribution >= 4 is 11.8 Å². The van der Waals surface area contributed by atoms with Gasteiger partial charge in [0.05, 0.1) is 12.0 Å². The number of rotatable bonds is 4. The maximum atomic E-state index is 10.8. The first-order valence-electron chi connectivity index (χ1n) is 6.95. The first kappa shape index (κ1) is 14.3. The van der Waals surface area contributed by atoms with Crippen LogP contribution in [0.3, 0.4) is 0 Å². The molecule has 1 aliphatic carbocycles. The van der Waals surface area contributed by atoms with Crippen molar-refractivity contribution in [2.45, 2.75) is 50.9 Å². The van der Waals surface area contributed by atoms with E-state index < -0.39 is 5.97 Å². The van der Waals surface area contributed by atoms with Crippen LogP contribution in [0.5, 0.6) is 0 Å². The Bertz CT molecular complexity index is 557. The smallest absolute Gasteiger partial charge is 0.304 e. The molecule has 1 aromatic heterocycles. The number of carboxylic acid groups (broad SMARTS) is 1. The number of nitriles is 1. The second-order valence-corrected chi connectivity index (χ2v) is 5.49. The Balaban J connectivity index is 2.40. The molecule has 0 bridgehead atoms. The summed E-state index contributed by atoms with van der Waals surface area (Å²) in [4.78, 5) is 15.0. The average molecular weight is 273 g/mol. The molecule has 2 rings (SSSR count). The minimum atomic E-state index is -0.857. The lowest BCUT2D eigenvalue weighted by atomic mass is 9.91. The summed E-state index contributed by atoms with van der Waals surface area (Å²) < 4.78 is 0. The molecule has 5 heteroatoms. The number of nitrogens with zero attached hydrogens (tertiary/aromatic N) is 2. The van der Waals surface area contributed by atoms with Crippen LogP contribution in [0.1, 0.15) is 67.7 Å². The molecule has 1 heterocycles. The van der Waals surface area contributed by atoms with E-state index in [1.807, 2.05) is 13.0 Å². The molecule has 1 unspecified atom stereocenters. The Morgan fingerprint density at radius 2 is 2.25 bits per heavy atom. The molecule has 1 fully saturated rings. The highest BCUT2D eigenvalue weighted by molar-refractivity contribution is 5.68. The van der Waals surface area contributed by atoms with Crippen LogP contribution >= 0.6 is 0 Å². The standard InChI is InChI=1S/C15H19N3O2/c1-9(6-14(19)20)13-7-11(10-4-2-3-5-10)12(8-16)15(17)18-13/h7,9-10H,2-6H2,1H3,(H2,17,18)(H,19,20). The molecule has 1 aromatic rings. The highest BCUT2D eigenvalue weighted by Crippen LogP contribution is 2.38. The van der Waals surface area contributed by atoms with Gasteiger partial charge in [-0.15, -0.1) is 0 Å². The molecule has 3 N–H and O–H groups in total. The van der Waals surface area contributed by atoms with Gasteiger partial charge in [-0.05, 0) is 30.4 Å². The first-order valence-corrected chi connectivity index (χ1v) is 6.95. The molecule has 0 aliphatic heterocycles. The summed E-state index contributed by atoms with van der Waals surface area (Å²) in [6.07, 6.45) is 4.47. The Hall–Kier alpha value is -2.09. The summed E-state index contributed by atoms with van der Waals surface area (Å²) in [5.41, 5.74) is 7.97. The van der Waals surface area contributed by atoms with Crippen molar-refractivity contribution in [1.29, 1.82) is 5.26 Å². The Kier molecular flexibility index (Phi) is 4.23. The van der Waals surface area contributed by atoms with Gasteiger partial charge in [0.15, 0.2) is 0 Å². The highest BCUT2D eigenvalue weighted by Gasteiger charge is 2.24. The third kappa shape index (κ3) is 2.90. The lowest BCUT2D eigenvalue weighted by Gasteiger charge is -2.17. The van der Waals surface area contributed by atoms with Crippen molar-refractivity contribution in [2.24, 2.45) is 0 Å². The van der Waals surface area contributed by atoms with E-state index in [2.05, 4.69) is 11.1 Å². The van der Waals surface area contributed by atoms with Crippen LogP contribution in [0.15, 0.2) is 6.07 Å². The number of hydrogen-bond donors (Lipinski definition) is 2. The van der Waals surface area contributed by atoms with E-state index in [0.29, 0.717) is 17.2 Å². The van der Waals surface area contributed by atoms with E-state index in [-0.39, 0.29) is 18.2 Å². The zero-order chi connectivity index (χ0) is 14.7. The number of anilines is 1. The molecule has 5 nitrogen and oxygen atoms in total. The average Bonchev–Trinajstić information content (AvgIpc) is 2.90. The quantitative estimate of drug-likeness (QED) is 0.878. The number of aliphatic carboxylic acids is 1. The normalized spacial score (nSPS) is 16.8. The minimum absolute atomic E-state index is 0.0163. The van der Waals surface area contributed by atoms with Crippen LogP contribution in [0.25, 0.3) is 0 Å². The van der Waals surface area contributed by atoms with Crippen molar-refractivity contribution < 1.29 is 9.90 Å². The van der Waals surface area contributed by atoms with E-state index in [1.54, 1.807) is 0 Å². The molecule has 1 atom stereocenters. The number of pyridine rings is 1. The van der Waals surface area contributed by atoms with Crippen LogP contribution in [0.4, 0.5) is 5.82 Å².